The first kappa shape index (κ1) is 20.8. The van der Waals surface area contributed by atoms with Crippen LogP contribution >= 0.6 is 0 Å². The molecule has 31 heavy (non-hydrogen) atoms. The molecule has 2 aromatic carbocycles. The molecule has 1 aliphatic rings. The van der Waals surface area contributed by atoms with Crippen molar-refractivity contribution in [3.63, 3.8) is 0 Å². The fraction of sp³-hybridized carbons (Fsp3) is 0.269. The van der Waals surface area contributed by atoms with Crippen molar-refractivity contribution in [1.82, 2.24) is 10.3 Å². The minimum Gasteiger partial charge on any atom is -0.384 e. The summed E-state index contributed by atoms with van der Waals surface area (Å²) in [5, 5.41) is 22.2. The summed E-state index contributed by atoms with van der Waals surface area (Å²) < 4.78 is 0. The van der Waals surface area contributed by atoms with Gasteiger partial charge in [0.15, 0.2) is 0 Å². The molecule has 0 spiro atoms. The second kappa shape index (κ2) is 7.98. The van der Waals surface area contributed by atoms with Crippen LogP contribution < -0.4 is 5.32 Å². The Labute approximate surface area is 182 Å². The number of nitrogens with zero attached hydrogens (tertiary/aromatic N) is 2. The van der Waals surface area contributed by atoms with Gasteiger partial charge in [-0.2, -0.15) is 5.26 Å². The molecule has 156 valence electrons. The van der Waals surface area contributed by atoms with Crippen LogP contribution in [0.5, 0.6) is 0 Å². The van der Waals surface area contributed by atoms with Gasteiger partial charge in [0.05, 0.1) is 22.9 Å². The highest BCUT2D eigenvalue weighted by Gasteiger charge is 2.40. The second-order valence-electron chi connectivity index (χ2n) is 8.65. The Morgan fingerprint density at radius 1 is 1.03 bits per heavy atom. The highest BCUT2D eigenvalue weighted by molar-refractivity contribution is 5.95. The molecule has 1 heterocycles. The molecule has 0 bridgehead atoms. The molecule has 1 saturated carbocycles. The molecule has 1 aromatic heterocycles. The number of aliphatic hydroxyl groups is 1. The van der Waals surface area contributed by atoms with Crippen LogP contribution in [0.2, 0.25) is 0 Å². The fourth-order valence-corrected chi connectivity index (χ4v) is 3.91. The van der Waals surface area contributed by atoms with Crippen LogP contribution in [-0.4, -0.2) is 16.0 Å². The molecule has 1 fully saturated rings. The van der Waals surface area contributed by atoms with Gasteiger partial charge in [-0.25, -0.2) is 0 Å². The maximum atomic E-state index is 12.8. The Hall–Kier alpha value is -3.49. The zero-order valence-electron chi connectivity index (χ0n) is 17.7. The first-order valence-corrected chi connectivity index (χ1v) is 10.4. The van der Waals surface area contributed by atoms with E-state index in [9.17, 15) is 9.90 Å². The molecule has 0 saturated heterocycles. The average molecular weight is 412 g/mol. The molecule has 1 amide bonds. The number of benzene rings is 2. The third kappa shape index (κ3) is 4.21. The monoisotopic (exact) mass is 411 g/mol. The molecule has 0 aliphatic heterocycles. The summed E-state index contributed by atoms with van der Waals surface area (Å²) >= 11 is 0. The topological polar surface area (TPSA) is 86.0 Å². The summed E-state index contributed by atoms with van der Waals surface area (Å²) in [7, 11) is 0. The Morgan fingerprint density at radius 3 is 2.16 bits per heavy atom. The van der Waals surface area contributed by atoms with E-state index in [2.05, 4.69) is 28.5 Å². The molecule has 3 aromatic rings. The first-order chi connectivity index (χ1) is 14.8. The van der Waals surface area contributed by atoms with E-state index in [1.165, 1.54) is 0 Å². The number of amides is 1. The number of pyridine rings is 1. The van der Waals surface area contributed by atoms with E-state index in [4.69, 9.17) is 5.26 Å². The summed E-state index contributed by atoms with van der Waals surface area (Å²) in [4.78, 5) is 17.2. The van der Waals surface area contributed by atoms with Crippen molar-refractivity contribution < 1.29 is 9.90 Å². The quantitative estimate of drug-likeness (QED) is 0.639. The predicted molar refractivity (Wildman–Crippen MR) is 119 cm³/mol. The van der Waals surface area contributed by atoms with Gasteiger partial charge in [-0.1, -0.05) is 30.3 Å². The van der Waals surface area contributed by atoms with Crippen molar-refractivity contribution in [2.75, 3.05) is 0 Å². The second-order valence-corrected chi connectivity index (χ2v) is 8.65. The highest BCUT2D eigenvalue weighted by Crippen LogP contribution is 2.42. The Balaban J connectivity index is 1.52. The molecule has 1 aliphatic carbocycles. The van der Waals surface area contributed by atoms with E-state index in [1.807, 2.05) is 24.3 Å². The van der Waals surface area contributed by atoms with Gasteiger partial charge in [-0.3, -0.25) is 9.78 Å². The number of rotatable bonds is 5. The molecule has 4 rings (SSSR count). The molecular formula is C26H25N3O2. The zero-order valence-corrected chi connectivity index (χ0v) is 17.7. The van der Waals surface area contributed by atoms with Gasteiger partial charge in [0.25, 0.3) is 5.91 Å². The van der Waals surface area contributed by atoms with E-state index in [1.54, 1.807) is 44.3 Å². The summed E-state index contributed by atoms with van der Waals surface area (Å²) in [5.74, 6) is -0.125. The van der Waals surface area contributed by atoms with Crippen LogP contribution in [0.15, 0.2) is 66.9 Å². The molecular weight excluding hydrogens is 386 g/mol. The normalized spacial score (nSPS) is 14.9. The van der Waals surface area contributed by atoms with Crippen molar-refractivity contribution in [1.29, 1.82) is 5.26 Å². The van der Waals surface area contributed by atoms with Gasteiger partial charge in [0.2, 0.25) is 0 Å². The molecule has 5 nitrogen and oxygen atoms in total. The van der Waals surface area contributed by atoms with Gasteiger partial charge in [0, 0.05) is 17.3 Å². The summed E-state index contributed by atoms with van der Waals surface area (Å²) in [6.07, 6.45) is 4.64. The lowest BCUT2D eigenvalue weighted by Gasteiger charge is -2.43. The lowest BCUT2D eigenvalue weighted by molar-refractivity contribution is 0.0738. The standard InChI is InChI=1S/C26H25N3O2/c1-25(2,31)23-13-10-21(17-28-23)19-8-11-22(12-9-19)26(14-3-15-26)29-24(30)20-6-4-18(16-27)5-7-20/h4-13,17,31H,3,14-15H2,1-2H3,(H,29,30). The summed E-state index contributed by atoms with van der Waals surface area (Å²) in [6, 6.07) is 20.8. The minimum absolute atomic E-state index is 0.125. The minimum atomic E-state index is -0.966. The lowest BCUT2D eigenvalue weighted by atomic mass is 9.71. The van der Waals surface area contributed by atoms with E-state index in [0.717, 1.165) is 36.0 Å². The van der Waals surface area contributed by atoms with Crippen molar-refractivity contribution in [3.8, 4) is 17.2 Å². The number of carbonyl (C=O) groups excluding carboxylic acids is 1. The first-order valence-electron chi connectivity index (χ1n) is 10.4. The van der Waals surface area contributed by atoms with E-state index in [-0.39, 0.29) is 11.4 Å². The molecule has 2 N–H and O–H groups in total. The number of hydrogen-bond acceptors (Lipinski definition) is 4. The molecule has 0 atom stereocenters. The van der Waals surface area contributed by atoms with Gasteiger partial charge >= 0.3 is 0 Å². The van der Waals surface area contributed by atoms with Crippen molar-refractivity contribution in [2.24, 2.45) is 0 Å². The lowest BCUT2D eigenvalue weighted by Crippen LogP contribution is -2.50. The van der Waals surface area contributed by atoms with Crippen molar-refractivity contribution in [2.45, 2.75) is 44.2 Å². The molecule has 0 unspecified atom stereocenters. The van der Waals surface area contributed by atoms with E-state index in [0.29, 0.717) is 16.8 Å². The largest absolute Gasteiger partial charge is 0.384 e. The van der Waals surface area contributed by atoms with Gasteiger partial charge in [-0.15, -0.1) is 0 Å². The highest BCUT2D eigenvalue weighted by atomic mass is 16.3. The number of nitriles is 1. The van der Waals surface area contributed by atoms with E-state index >= 15 is 0 Å². The third-order valence-corrected chi connectivity index (χ3v) is 6.00. The summed E-state index contributed by atoms with van der Waals surface area (Å²) in [5.41, 5.74) is 3.50. The Kier molecular flexibility index (Phi) is 5.34. The van der Waals surface area contributed by atoms with Gasteiger partial charge in [0.1, 0.15) is 5.60 Å². The predicted octanol–water partition coefficient (Wildman–Crippen LogP) is 4.66. The van der Waals surface area contributed by atoms with Crippen LogP contribution in [0.25, 0.3) is 11.1 Å². The van der Waals surface area contributed by atoms with Crippen LogP contribution in [0.3, 0.4) is 0 Å². The van der Waals surface area contributed by atoms with Crippen LogP contribution in [0.1, 0.15) is 60.3 Å². The maximum Gasteiger partial charge on any atom is 0.251 e. The molecule has 0 radical (unpaired) electrons. The number of nitrogens with one attached hydrogen (secondary N) is 1. The van der Waals surface area contributed by atoms with Crippen LogP contribution in [-0.2, 0) is 11.1 Å². The van der Waals surface area contributed by atoms with E-state index < -0.39 is 5.60 Å². The van der Waals surface area contributed by atoms with Gasteiger partial charge < -0.3 is 10.4 Å². The zero-order chi connectivity index (χ0) is 22.1. The smallest absolute Gasteiger partial charge is 0.251 e. The fourth-order valence-electron chi connectivity index (χ4n) is 3.91. The maximum absolute atomic E-state index is 12.8. The Morgan fingerprint density at radius 2 is 1.68 bits per heavy atom. The van der Waals surface area contributed by atoms with Crippen molar-refractivity contribution in [3.05, 3.63) is 89.2 Å². The summed E-state index contributed by atoms with van der Waals surface area (Å²) in [6.45, 7) is 3.43. The van der Waals surface area contributed by atoms with Crippen LogP contribution in [0, 0.1) is 11.3 Å². The average Bonchev–Trinajstić information content (AvgIpc) is 2.76. The van der Waals surface area contributed by atoms with Crippen LogP contribution in [0.4, 0.5) is 0 Å². The number of aromatic nitrogens is 1. The Bertz CT molecular complexity index is 1120. The number of hydrogen-bond donors (Lipinski definition) is 2. The van der Waals surface area contributed by atoms with Crippen molar-refractivity contribution >= 4 is 5.91 Å². The third-order valence-electron chi connectivity index (χ3n) is 6.00. The van der Waals surface area contributed by atoms with Gasteiger partial charge in [-0.05, 0) is 74.6 Å². The SMILES string of the molecule is CC(C)(O)c1ccc(-c2ccc(C3(NC(=O)c4ccc(C#N)cc4)CCC3)cc2)cn1. The number of carbonyl (C=O) groups is 1. The molecule has 5 heteroatoms.